The van der Waals surface area contributed by atoms with Crippen molar-refractivity contribution in [2.75, 3.05) is 6.54 Å². The molecule has 2 N–H and O–H groups in total. The molecule has 0 bridgehead atoms. The van der Waals surface area contributed by atoms with Gasteiger partial charge in [-0.05, 0) is 27.2 Å². The van der Waals surface area contributed by atoms with Crippen LogP contribution >= 0.6 is 0 Å². The Morgan fingerprint density at radius 2 is 1.92 bits per heavy atom. The monoisotopic (exact) mass is 187 g/mol. The lowest BCUT2D eigenvalue weighted by Crippen LogP contribution is -2.39. The van der Waals surface area contributed by atoms with E-state index in [9.17, 15) is 5.11 Å². The summed E-state index contributed by atoms with van der Waals surface area (Å²) in [6.45, 7) is 8.74. The SMILES string of the molecule is CCCCC[C@@H](C)NCC(C)(C)O. The standard InChI is InChI=1S/C11H25NO/c1-5-6-7-8-10(2)12-9-11(3,4)13/h10,12-13H,5-9H2,1-4H3/t10-/m1/s1. The topological polar surface area (TPSA) is 32.3 Å². The maximum absolute atomic E-state index is 9.48. The van der Waals surface area contributed by atoms with Crippen molar-refractivity contribution in [1.29, 1.82) is 0 Å². The van der Waals surface area contributed by atoms with E-state index in [0.29, 0.717) is 12.6 Å². The summed E-state index contributed by atoms with van der Waals surface area (Å²) in [5.41, 5.74) is -0.584. The zero-order valence-corrected chi connectivity index (χ0v) is 9.56. The van der Waals surface area contributed by atoms with Gasteiger partial charge in [0.1, 0.15) is 0 Å². The summed E-state index contributed by atoms with van der Waals surface area (Å²) in [4.78, 5) is 0. The van der Waals surface area contributed by atoms with E-state index >= 15 is 0 Å². The highest BCUT2D eigenvalue weighted by Gasteiger charge is 2.12. The molecule has 0 fully saturated rings. The summed E-state index contributed by atoms with van der Waals surface area (Å²) in [5, 5.41) is 12.8. The lowest BCUT2D eigenvalue weighted by atomic mass is 10.1. The third kappa shape index (κ3) is 9.84. The molecular formula is C11H25NO. The second-order valence-electron chi connectivity index (χ2n) is 4.59. The van der Waals surface area contributed by atoms with Gasteiger partial charge in [-0.25, -0.2) is 0 Å². The lowest BCUT2D eigenvalue weighted by Gasteiger charge is -2.21. The van der Waals surface area contributed by atoms with Crippen LogP contribution in [0.2, 0.25) is 0 Å². The molecule has 0 saturated carbocycles. The molecule has 0 spiro atoms. The van der Waals surface area contributed by atoms with E-state index in [1.54, 1.807) is 0 Å². The molecule has 0 saturated heterocycles. The molecule has 0 heterocycles. The van der Waals surface area contributed by atoms with Crippen molar-refractivity contribution in [1.82, 2.24) is 5.32 Å². The van der Waals surface area contributed by atoms with E-state index in [1.807, 2.05) is 13.8 Å². The molecule has 0 unspecified atom stereocenters. The predicted molar refractivity (Wildman–Crippen MR) is 57.9 cm³/mol. The van der Waals surface area contributed by atoms with Gasteiger partial charge in [0.2, 0.25) is 0 Å². The van der Waals surface area contributed by atoms with Gasteiger partial charge in [0.15, 0.2) is 0 Å². The van der Waals surface area contributed by atoms with Crippen LogP contribution in [-0.4, -0.2) is 23.3 Å². The van der Waals surface area contributed by atoms with Crippen LogP contribution in [0.25, 0.3) is 0 Å². The summed E-state index contributed by atoms with van der Waals surface area (Å²) in [5.74, 6) is 0. The Hall–Kier alpha value is -0.0800. The van der Waals surface area contributed by atoms with Gasteiger partial charge in [0.25, 0.3) is 0 Å². The Labute approximate surface area is 82.7 Å². The van der Waals surface area contributed by atoms with Gasteiger partial charge in [-0.1, -0.05) is 26.2 Å². The first-order valence-electron chi connectivity index (χ1n) is 5.41. The zero-order chi connectivity index (χ0) is 10.3. The lowest BCUT2D eigenvalue weighted by molar-refractivity contribution is 0.0766. The number of rotatable bonds is 7. The van der Waals surface area contributed by atoms with Gasteiger partial charge in [0, 0.05) is 12.6 Å². The van der Waals surface area contributed by atoms with Crippen LogP contribution in [0.15, 0.2) is 0 Å². The molecule has 80 valence electrons. The maximum Gasteiger partial charge on any atom is 0.0715 e. The highest BCUT2D eigenvalue weighted by molar-refractivity contribution is 4.71. The minimum atomic E-state index is -0.584. The van der Waals surface area contributed by atoms with Gasteiger partial charge >= 0.3 is 0 Å². The Morgan fingerprint density at radius 1 is 1.31 bits per heavy atom. The fourth-order valence-electron chi connectivity index (χ4n) is 1.23. The van der Waals surface area contributed by atoms with Crippen molar-refractivity contribution in [3.8, 4) is 0 Å². The van der Waals surface area contributed by atoms with E-state index in [0.717, 1.165) is 0 Å². The zero-order valence-electron chi connectivity index (χ0n) is 9.56. The summed E-state index contributed by atoms with van der Waals surface area (Å²) in [6, 6.07) is 0.526. The van der Waals surface area contributed by atoms with Crippen molar-refractivity contribution in [2.24, 2.45) is 0 Å². The summed E-state index contributed by atoms with van der Waals surface area (Å²) < 4.78 is 0. The van der Waals surface area contributed by atoms with Crippen LogP contribution in [0.5, 0.6) is 0 Å². The van der Waals surface area contributed by atoms with Gasteiger partial charge in [-0.3, -0.25) is 0 Å². The summed E-state index contributed by atoms with van der Waals surface area (Å²) >= 11 is 0. The van der Waals surface area contributed by atoms with Crippen LogP contribution in [0.4, 0.5) is 0 Å². The number of aliphatic hydroxyl groups is 1. The van der Waals surface area contributed by atoms with E-state index < -0.39 is 5.60 Å². The average Bonchev–Trinajstić information content (AvgIpc) is 2.00. The fraction of sp³-hybridized carbons (Fsp3) is 1.00. The largest absolute Gasteiger partial charge is 0.389 e. The van der Waals surface area contributed by atoms with Crippen LogP contribution in [0.3, 0.4) is 0 Å². The van der Waals surface area contributed by atoms with Crippen molar-refractivity contribution in [3.05, 3.63) is 0 Å². The molecule has 0 aromatic heterocycles. The predicted octanol–water partition coefficient (Wildman–Crippen LogP) is 2.32. The summed E-state index contributed by atoms with van der Waals surface area (Å²) in [6.07, 6.45) is 5.09. The third-order valence-electron chi connectivity index (χ3n) is 2.12. The summed E-state index contributed by atoms with van der Waals surface area (Å²) in [7, 11) is 0. The normalized spacial score (nSPS) is 14.5. The van der Waals surface area contributed by atoms with Crippen LogP contribution < -0.4 is 5.32 Å². The fourth-order valence-corrected chi connectivity index (χ4v) is 1.23. The number of nitrogens with one attached hydrogen (secondary N) is 1. The van der Waals surface area contributed by atoms with E-state index in [4.69, 9.17) is 0 Å². The minimum Gasteiger partial charge on any atom is -0.389 e. The van der Waals surface area contributed by atoms with Gasteiger partial charge in [-0.15, -0.1) is 0 Å². The molecule has 0 radical (unpaired) electrons. The first kappa shape index (κ1) is 12.9. The van der Waals surface area contributed by atoms with E-state index in [-0.39, 0.29) is 0 Å². The van der Waals surface area contributed by atoms with E-state index in [2.05, 4.69) is 19.2 Å². The first-order chi connectivity index (χ1) is 5.95. The van der Waals surface area contributed by atoms with Crippen molar-refractivity contribution in [2.45, 2.75) is 65.0 Å². The maximum atomic E-state index is 9.48. The van der Waals surface area contributed by atoms with Crippen LogP contribution in [0, 0.1) is 0 Å². The molecular weight excluding hydrogens is 162 g/mol. The molecule has 13 heavy (non-hydrogen) atoms. The highest BCUT2D eigenvalue weighted by Crippen LogP contribution is 2.04. The molecule has 0 amide bonds. The van der Waals surface area contributed by atoms with E-state index in [1.165, 1.54) is 25.7 Å². The Morgan fingerprint density at radius 3 is 2.38 bits per heavy atom. The molecule has 2 nitrogen and oxygen atoms in total. The Balaban J connectivity index is 3.35. The Bertz CT molecular complexity index is 118. The Kier molecular flexibility index (Phi) is 6.35. The number of hydrogen-bond donors (Lipinski definition) is 2. The second kappa shape index (κ2) is 6.39. The van der Waals surface area contributed by atoms with Gasteiger partial charge in [0.05, 0.1) is 5.60 Å². The smallest absolute Gasteiger partial charge is 0.0715 e. The van der Waals surface area contributed by atoms with Gasteiger partial charge < -0.3 is 10.4 Å². The van der Waals surface area contributed by atoms with Crippen molar-refractivity contribution >= 4 is 0 Å². The minimum absolute atomic E-state index is 0.526. The molecule has 0 aliphatic heterocycles. The van der Waals surface area contributed by atoms with Crippen LogP contribution in [0.1, 0.15) is 53.4 Å². The van der Waals surface area contributed by atoms with Crippen molar-refractivity contribution in [3.63, 3.8) is 0 Å². The molecule has 0 aromatic carbocycles. The molecule has 0 aliphatic rings. The van der Waals surface area contributed by atoms with Gasteiger partial charge in [-0.2, -0.15) is 0 Å². The van der Waals surface area contributed by atoms with Crippen molar-refractivity contribution < 1.29 is 5.11 Å². The molecule has 0 aromatic rings. The average molecular weight is 187 g/mol. The number of unbranched alkanes of at least 4 members (excludes halogenated alkanes) is 2. The quantitative estimate of drug-likeness (QED) is 0.599. The second-order valence-corrected chi connectivity index (χ2v) is 4.59. The number of hydrogen-bond acceptors (Lipinski definition) is 2. The molecule has 0 rings (SSSR count). The molecule has 1 atom stereocenters. The highest BCUT2D eigenvalue weighted by atomic mass is 16.3. The first-order valence-corrected chi connectivity index (χ1v) is 5.41. The molecule has 2 heteroatoms. The molecule has 0 aliphatic carbocycles. The third-order valence-corrected chi connectivity index (χ3v) is 2.12. The van der Waals surface area contributed by atoms with Crippen LogP contribution in [-0.2, 0) is 0 Å².